The molecule has 6 heteroatoms. The van der Waals surface area contributed by atoms with Crippen molar-refractivity contribution in [2.45, 2.75) is 42.1 Å². The molecule has 6 N–H and O–H groups in total. The minimum Gasteiger partial charge on any atom is -0.388 e. The highest BCUT2D eigenvalue weighted by atomic mass is 16.6. The minimum atomic E-state index is -1.85. The van der Waals surface area contributed by atoms with E-state index in [0.717, 1.165) is 16.7 Å². The lowest BCUT2D eigenvalue weighted by atomic mass is 9.74. The SMILES string of the molecule is C=CC[C@]1(O)O[C@H](CN)[C@@H](O)[C@H](O)[C@H]1NC(c1ccccc1)(c1ccccc1)c1ccccc1. The van der Waals surface area contributed by atoms with E-state index in [2.05, 4.69) is 11.9 Å². The van der Waals surface area contributed by atoms with Gasteiger partial charge in [0.1, 0.15) is 18.3 Å². The van der Waals surface area contributed by atoms with Gasteiger partial charge in [0.25, 0.3) is 0 Å². The molecule has 0 bridgehead atoms. The fraction of sp³-hybridized carbons (Fsp3) is 0.286. The molecule has 0 aliphatic carbocycles. The van der Waals surface area contributed by atoms with Crippen LogP contribution < -0.4 is 11.1 Å². The first kappa shape index (κ1) is 24.3. The van der Waals surface area contributed by atoms with Gasteiger partial charge in [-0.25, -0.2) is 0 Å². The van der Waals surface area contributed by atoms with Crippen LogP contribution in [0.1, 0.15) is 23.1 Å². The smallest absolute Gasteiger partial charge is 0.187 e. The molecule has 4 rings (SSSR count). The third kappa shape index (κ3) is 4.32. The zero-order valence-electron chi connectivity index (χ0n) is 19.0. The van der Waals surface area contributed by atoms with Crippen LogP contribution in [0.4, 0.5) is 0 Å². The highest BCUT2D eigenvalue weighted by molar-refractivity contribution is 5.49. The van der Waals surface area contributed by atoms with Gasteiger partial charge in [-0.3, -0.25) is 5.32 Å². The van der Waals surface area contributed by atoms with Gasteiger partial charge < -0.3 is 25.8 Å². The summed E-state index contributed by atoms with van der Waals surface area (Å²) in [6.45, 7) is 3.71. The van der Waals surface area contributed by atoms with E-state index in [1.807, 2.05) is 91.0 Å². The molecule has 5 atom stereocenters. The first-order chi connectivity index (χ1) is 16.5. The van der Waals surface area contributed by atoms with Crippen molar-refractivity contribution < 1.29 is 20.1 Å². The van der Waals surface area contributed by atoms with Crippen LogP contribution in [0.2, 0.25) is 0 Å². The first-order valence-corrected chi connectivity index (χ1v) is 11.5. The maximum atomic E-state index is 11.6. The Bertz CT molecular complexity index is 967. The molecule has 0 amide bonds. The Morgan fingerprint density at radius 2 is 1.29 bits per heavy atom. The normalized spacial score (nSPS) is 27.3. The van der Waals surface area contributed by atoms with E-state index in [9.17, 15) is 15.3 Å². The molecule has 34 heavy (non-hydrogen) atoms. The monoisotopic (exact) mass is 460 g/mol. The number of ether oxygens (including phenoxy) is 1. The molecule has 1 saturated heterocycles. The lowest BCUT2D eigenvalue weighted by Gasteiger charge is -2.51. The number of aliphatic hydroxyl groups is 3. The molecule has 0 aromatic heterocycles. The summed E-state index contributed by atoms with van der Waals surface area (Å²) in [5, 5.41) is 37.2. The minimum absolute atomic E-state index is 0.0272. The fourth-order valence-electron chi connectivity index (χ4n) is 4.90. The predicted molar refractivity (Wildman–Crippen MR) is 132 cm³/mol. The Morgan fingerprint density at radius 3 is 1.68 bits per heavy atom. The van der Waals surface area contributed by atoms with E-state index >= 15 is 0 Å². The maximum Gasteiger partial charge on any atom is 0.187 e. The van der Waals surface area contributed by atoms with E-state index < -0.39 is 35.7 Å². The van der Waals surface area contributed by atoms with Crippen molar-refractivity contribution >= 4 is 0 Å². The Morgan fingerprint density at radius 1 is 0.853 bits per heavy atom. The number of nitrogens with two attached hydrogens (primary N) is 1. The van der Waals surface area contributed by atoms with Crippen LogP contribution in [-0.4, -0.2) is 52.0 Å². The van der Waals surface area contributed by atoms with Crippen molar-refractivity contribution in [1.82, 2.24) is 5.32 Å². The van der Waals surface area contributed by atoms with Gasteiger partial charge in [0.05, 0.1) is 11.6 Å². The van der Waals surface area contributed by atoms with Crippen molar-refractivity contribution in [2.24, 2.45) is 5.73 Å². The van der Waals surface area contributed by atoms with Crippen molar-refractivity contribution in [2.75, 3.05) is 6.54 Å². The summed E-state index contributed by atoms with van der Waals surface area (Å²) in [6, 6.07) is 28.4. The highest BCUT2D eigenvalue weighted by Crippen LogP contribution is 2.41. The number of benzene rings is 3. The lowest BCUT2D eigenvalue weighted by Crippen LogP contribution is -2.72. The van der Waals surface area contributed by atoms with Crippen LogP contribution in [0.15, 0.2) is 104 Å². The van der Waals surface area contributed by atoms with E-state index in [1.54, 1.807) is 0 Å². The molecule has 1 aliphatic rings. The van der Waals surface area contributed by atoms with Gasteiger partial charge in [-0.15, -0.1) is 6.58 Å². The second-order valence-corrected chi connectivity index (χ2v) is 8.68. The Kier molecular flexibility index (Phi) is 7.28. The van der Waals surface area contributed by atoms with Gasteiger partial charge in [-0.2, -0.15) is 0 Å². The van der Waals surface area contributed by atoms with Gasteiger partial charge in [0.15, 0.2) is 5.79 Å². The standard InChI is InChI=1S/C28H32N2O4/c1-2-18-27(33)26(25(32)24(31)23(19-29)34-27)30-28(20-12-6-3-7-13-20,21-14-8-4-9-15-21)22-16-10-5-11-17-22/h2-17,23-26,30-33H,1,18-19,29H2/t23-,24-,25+,26-,27+/m1/s1. The van der Waals surface area contributed by atoms with Crippen LogP contribution in [0, 0.1) is 0 Å². The van der Waals surface area contributed by atoms with Gasteiger partial charge in [0, 0.05) is 13.0 Å². The molecule has 0 spiro atoms. The molecule has 1 aliphatic heterocycles. The third-order valence-electron chi connectivity index (χ3n) is 6.58. The summed E-state index contributed by atoms with van der Waals surface area (Å²) in [5.41, 5.74) is 7.48. The summed E-state index contributed by atoms with van der Waals surface area (Å²) in [5.74, 6) is -1.85. The summed E-state index contributed by atoms with van der Waals surface area (Å²) < 4.78 is 5.90. The van der Waals surface area contributed by atoms with E-state index in [1.165, 1.54) is 6.08 Å². The van der Waals surface area contributed by atoms with Crippen LogP contribution in [0.5, 0.6) is 0 Å². The van der Waals surface area contributed by atoms with E-state index in [4.69, 9.17) is 10.5 Å². The molecule has 1 fully saturated rings. The molecular weight excluding hydrogens is 428 g/mol. The zero-order chi connectivity index (χ0) is 24.2. The number of rotatable bonds is 8. The van der Waals surface area contributed by atoms with Crippen molar-refractivity contribution in [3.63, 3.8) is 0 Å². The molecule has 0 unspecified atom stereocenters. The Hall–Kier alpha value is -2.84. The van der Waals surface area contributed by atoms with Gasteiger partial charge >= 0.3 is 0 Å². The molecule has 3 aromatic rings. The van der Waals surface area contributed by atoms with Crippen molar-refractivity contribution in [1.29, 1.82) is 0 Å². The largest absolute Gasteiger partial charge is 0.388 e. The Balaban J connectivity index is 1.95. The topological polar surface area (TPSA) is 108 Å². The Labute approximate surface area is 200 Å². The zero-order valence-corrected chi connectivity index (χ0v) is 19.0. The van der Waals surface area contributed by atoms with Crippen LogP contribution in [0.25, 0.3) is 0 Å². The molecule has 6 nitrogen and oxygen atoms in total. The fourth-order valence-corrected chi connectivity index (χ4v) is 4.90. The average Bonchev–Trinajstić information content (AvgIpc) is 2.88. The molecule has 0 saturated carbocycles. The summed E-state index contributed by atoms with van der Waals surface area (Å²) >= 11 is 0. The van der Waals surface area contributed by atoms with Crippen molar-refractivity contribution in [3.8, 4) is 0 Å². The van der Waals surface area contributed by atoms with Crippen LogP contribution >= 0.6 is 0 Å². The van der Waals surface area contributed by atoms with Crippen LogP contribution in [0.3, 0.4) is 0 Å². The lowest BCUT2D eigenvalue weighted by molar-refractivity contribution is -0.312. The number of aliphatic hydroxyl groups excluding tert-OH is 2. The number of hydrogen-bond acceptors (Lipinski definition) is 6. The van der Waals surface area contributed by atoms with Gasteiger partial charge in [-0.1, -0.05) is 97.1 Å². The van der Waals surface area contributed by atoms with Crippen molar-refractivity contribution in [3.05, 3.63) is 120 Å². The maximum absolute atomic E-state index is 11.6. The number of nitrogens with one attached hydrogen (secondary N) is 1. The average molecular weight is 461 g/mol. The predicted octanol–water partition coefficient (Wildman–Crippen LogP) is 2.28. The molecule has 3 aromatic carbocycles. The summed E-state index contributed by atoms with van der Waals surface area (Å²) in [4.78, 5) is 0. The number of hydrogen-bond donors (Lipinski definition) is 5. The van der Waals surface area contributed by atoms with E-state index in [-0.39, 0.29) is 13.0 Å². The second-order valence-electron chi connectivity index (χ2n) is 8.68. The molecule has 0 radical (unpaired) electrons. The highest BCUT2D eigenvalue weighted by Gasteiger charge is 2.55. The first-order valence-electron chi connectivity index (χ1n) is 11.5. The summed E-state index contributed by atoms with van der Waals surface area (Å²) in [6.07, 6.45) is -2.01. The summed E-state index contributed by atoms with van der Waals surface area (Å²) in [7, 11) is 0. The third-order valence-corrected chi connectivity index (χ3v) is 6.58. The molecule has 178 valence electrons. The quantitative estimate of drug-likeness (QED) is 0.261. The van der Waals surface area contributed by atoms with Gasteiger partial charge in [0.2, 0.25) is 0 Å². The van der Waals surface area contributed by atoms with E-state index in [0.29, 0.717) is 0 Å². The second kappa shape index (κ2) is 10.2. The van der Waals surface area contributed by atoms with Gasteiger partial charge in [-0.05, 0) is 16.7 Å². The van der Waals surface area contributed by atoms with Crippen LogP contribution in [-0.2, 0) is 10.3 Å². The molecule has 1 heterocycles. The molecular formula is C28H32N2O4.